The fraction of sp³-hybridized carbons (Fsp3) is 0.500. The first-order valence-electron chi connectivity index (χ1n) is 6.70. The molecule has 1 saturated carbocycles. The number of hydrogen-bond donors (Lipinski definition) is 2. The lowest BCUT2D eigenvalue weighted by atomic mass is 10.1. The summed E-state index contributed by atoms with van der Waals surface area (Å²) < 4.78 is 14.1. The van der Waals surface area contributed by atoms with E-state index in [1.807, 2.05) is 0 Å². The fourth-order valence-electron chi connectivity index (χ4n) is 2.43. The van der Waals surface area contributed by atoms with E-state index >= 15 is 0 Å². The van der Waals surface area contributed by atoms with Gasteiger partial charge in [-0.25, -0.2) is 10.2 Å². The van der Waals surface area contributed by atoms with E-state index in [1.54, 1.807) is 6.07 Å². The number of rotatable bonds is 2. The second kappa shape index (κ2) is 7.01. The van der Waals surface area contributed by atoms with E-state index in [1.165, 1.54) is 37.8 Å². The molecule has 19 heavy (non-hydrogen) atoms. The van der Waals surface area contributed by atoms with Crippen molar-refractivity contribution in [3.8, 4) is 0 Å². The van der Waals surface area contributed by atoms with Crippen molar-refractivity contribution in [2.45, 2.75) is 44.6 Å². The van der Waals surface area contributed by atoms with Crippen LogP contribution in [0, 0.1) is 5.82 Å². The third-order valence-corrected chi connectivity index (χ3v) is 4.15. The summed E-state index contributed by atoms with van der Waals surface area (Å²) in [5.41, 5.74) is 3.28. The molecule has 0 radical (unpaired) electrons. The van der Waals surface area contributed by atoms with Crippen LogP contribution in [0.1, 0.15) is 44.1 Å². The van der Waals surface area contributed by atoms with Crippen LogP contribution in [-0.2, 0) is 0 Å². The summed E-state index contributed by atoms with van der Waals surface area (Å²) in [5.74, 6) is 5.82. The zero-order valence-electron chi connectivity index (χ0n) is 10.8. The van der Waals surface area contributed by atoms with E-state index in [2.05, 4.69) is 26.3 Å². The van der Waals surface area contributed by atoms with Gasteiger partial charge in [0.15, 0.2) is 0 Å². The van der Waals surface area contributed by atoms with Gasteiger partial charge in [-0.2, -0.15) is 0 Å². The highest BCUT2D eigenvalue weighted by Crippen LogP contribution is 2.22. The van der Waals surface area contributed by atoms with E-state index < -0.39 is 0 Å². The number of halogens is 2. The molecule has 0 aromatic heterocycles. The van der Waals surface area contributed by atoms with Gasteiger partial charge in [-0.3, -0.25) is 4.99 Å². The Hall–Kier alpha value is -0.940. The van der Waals surface area contributed by atoms with Crippen LogP contribution in [0.4, 0.5) is 4.39 Å². The Kier molecular flexibility index (Phi) is 5.34. The molecule has 0 aliphatic heterocycles. The Labute approximate surface area is 121 Å². The van der Waals surface area contributed by atoms with Gasteiger partial charge in [0.2, 0.25) is 0 Å². The molecule has 1 aromatic rings. The van der Waals surface area contributed by atoms with Crippen LogP contribution in [-0.4, -0.2) is 11.9 Å². The largest absolute Gasteiger partial charge is 0.308 e. The number of nitrogens with zero attached hydrogens (tertiary/aromatic N) is 1. The molecule has 0 atom stereocenters. The molecule has 104 valence electrons. The molecule has 0 bridgehead atoms. The lowest BCUT2D eigenvalue weighted by molar-refractivity contribution is 0.583. The Bertz CT molecular complexity index is 454. The maximum atomic E-state index is 13.3. The van der Waals surface area contributed by atoms with Gasteiger partial charge in [0.25, 0.3) is 0 Å². The van der Waals surface area contributed by atoms with Crippen molar-refractivity contribution < 1.29 is 4.39 Å². The van der Waals surface area contributed by atoms with Crippen LogP contribution in [0.2, 0.25) is 0 Å². The maximum absolute atomic E-state index is 13.3. The van der Waals surface area contributed by atoms with Crippen molar-refractivity contribution in [3.63, 3.8) is 0 Å². The molecular formula is C14H19BrFN3. The quantitative estimate of drug-likeness (QED) is 0.287. The number of hydrogen-bond acceptors (Lipinski definition) is 2. The van der Waals surface area contributed by atoms with Crippen molar-refractivity contribution in [3.05, 3.63) is 34.1 Å². The predicted octanol–water partition coefficient (Wildman–Crippen LogP) is 3.52. The lowest BCUT2D eigenvalue weighted by Gasteiger charge is -2.14. The van der Waals surface area contributed by atoms with Gasteiger partial charge in [-0.15, -0.1) is 0 Å². The first-order chi connectivity index (χ1) is 9.20. The highest BCUT2D eigenvalue weighted by Gasteiger charge is 2.14. The summed E-state index contributed by atoms with van der Waals surface area (Å²) in [6.07, 6.45) is 7.13. The molecule has 1 aliphatic carbocycles. The molecule has 0 amide bonds. The number of benzene rings is 1. The molecule has 3 N–H and O–H groups in total. The number of nitrogens with two attached hydrogens (primary N) is 1. The molecule has 1 aromatic carbocycles. The van der Waals surface area contributed by atoms with Crippen molar-refractivity contribution >= 4 is 21.8 Å². The van der Waals surface area contributed by atoms with Gasteiger partial charge < -0.3 is 5.43 Å². The Morgan fingerprint density at radius 3 is 2.58 bits per heavy atom. The lowest BCUT2D eigenvalue weighted by Crippen LogP contribution is -2.32. The summed E-state index contributed by atoms with van der Waals surface area (Å²) in [6.45, 7) is 0. The van der Waals surface area contributed by atoms with Gasteiger partial charge in [0, 0.05) is 10.0 Å². The van der Waals surface area contributed by atoms with Crippen LogP contribution < -0.4 is 11.3 Å². The first kappa shape index (κ1) is 14.5. The number of amidine groups is 1. The smallest absolute Gasteiger partial charge is 0.144 e. The van der Waals surface area contributed by atoms with Crippen molar-refractivity contribution in [1.29, 1.82) is 0 Å². The zero-order chi connectivity index (χ0) is 13.7. The molecule has 2 rings (SSSR count). The monoisotopic (exact) mass is 327 g/mol. The summed E-state index contributed by atoms with van der Waals surface area (Å²) in [5, 5.41) is 0. The van der Waals surface area contributed by atoms with Gasteiger partial charge in [0.1, 0.15) is 11.7 Å². The van der Waals surface area contributed by atoms with E-state index in [-0.39, 0.29) is 11.9 Å². The number of hydrazine groups is 1. The molecule has 1 fully saturated rings. The molecule has 1 aliphatic rings. The van der Waals surface area contributed by atoms with E-state index in [0.717, 1.165) is 17.3 Å². The fourth-order valence-corrected chi connectivity index (χ4v) is 2.87. The minimum atomic E-state index is -0.290. The summed E-state index contributed by atoms with van der Waals surface area (Å²) >= 11 is 3.41. The molecule has 0 heterocycles. The molecule has 3 nitrogen and oxygen atoms in total. The van der Waals surface area contributed by atoms with Crippen LogP contribution in [0.15, 0.2) is 27.7 Å². The first-order valence-corrected chi connectivity index (χ1v) is 7.50. The normalized spacial score (nSPS) is 18.2. The van der Waals surface area contributed by atoms with Crippen LogP contribution in [0.25, 0.3) is 0 Å². The number of aliphatic imine (C=N–C) groups is 1. The van der Waals surface area contributed by atoms with Crippen LogP contribution >= 0.6 is 15.9 Å². The van der Waals surface area contributed by atoms with Gasteiger partial charge in [0.05, 0.1) is 6.04 Å². The SMILES string of the molecule is NNC(=NC1CCCCCC1)c1cc(F)ccc1Br. The molecule has 5 heteroatoms. The third-order valence-electron chi connectivity index (χ3n) is 3.46. The number of nitrogens with one attached hydrogen (secondary N) is 1. The summed E-state index contributed by atoms with van der Waals surface area (Å²) in [4.78, 5) is 4.67. The second-order valence-corrected chi connectivity index (χ2v) is 5.75. The van der Waals surface area contributed by atoms with Crippen LogP contribution in [0.3, 0.4) is 0 Å². The third kappa shape index (κ3) is 4.01. The van der Waals surface area contributed by atoms with E-state index in [4.69, 9.17) is 5.84 Å². The zero-order valence-corrected chi connectivity index (χ0v) is 12.4. The standard InChI is InChI=1S/C14H19BrFN3/c15-13-8-7-10(16)9-12(13)14(19-17)18-11-5-3-1-2-4-6-11/h7-9,11H,1-6,17H2,(H,18,19). The Morgan fingerprint density at radius 2 is 1.95 bits per heavy atom. The molecule has 0 spiro atoms. The summed E-state index contributed by atoms with van der Waals surface area (Å²) in [6, 6.07) is 4.81. The highest BCUT2D eigenvalue weighted by molar-refractivity contribution is 9.10. The highest BCUT2D eigenvalue weighted by atomic mass is 79.9. The van der Waals surface area contributed by atoms with Crippen molar-refractivity contribution in [2.75, 3.05) is 0 Å². The topological polar surface area (TPSA) is 50.4 Å². The second-order valence-electron chi connectivity index (χ2n) is 4.89. The minimum Gasteiger partial charge on any atom is -0.308 e. The summed E-state index contributed by atoms with van der Waals surface area (Å²) in [7, 11) is 0. The predicted molar refractivity (Wildman–Crippen MR) is 79.5 cm³/mol. The Balaban J connectivity index is 2.24. The average Bonchev–Trinajstić information content (AvgIpc) is 2.67. The van der Waals surface area contributed by atoms with Crippen molar-refractivity contribution in [1.82, 2.24) is 5.43 Å². The van der Waals surface area contributed by atoms with Gasteiger partial charge >= 0.3 is 0 Å². The van der Waals surface area contributed by atoms with Crippen molar-refractivity contribution in [2.24, 2.45) is 10.8 Å². The van der Waals surface area contributed by atoms with Gasteiger partial charge in [-0.05, 0) is 31.0 Å². The van der Waals surface area contributed by atoms with E-state index in [9.17, 15) is 4.39 Å². The van der Waals surface area contributed by atoms with E-state index in [0.29, 0.717) is 11.4 Å². The van der Waals surface area contributed by atoms with Gasteiger partial charge in [-0.1, -0.05) is 41.6 Å². The molecule has 0 unspecified atom stereocenters. The average molecular weight is 328 g/mol. The maximum Gasteiger partial charge on any atom is 0.144 e. The minimum absolute atomic E-state index is 0.281. The Morgan fingerprint density at radius 1 is 1.26 bits per heavy atom. The molecular weight excluding hydrogens is 309 g/mol. The van der Waals surface area contributed by atoms with Crippen LogP contribution in [0.5, 0.6) is 0 Å². The molecule has 0 saturated heterocycles.